The molecule has 1 amide bonds. The highest BCUT2D eigenvalue weighted by Gasteiger charge is 2.26. The van der Waals surface area contributed by atoms with Crippen LogP contribution in [0.25, 0.3) is 22.0 Å². The van der Waals surface area contributed by atoms with E-state index in [2.05, 4.69) is 65.1 Å². The first kappa shape index (κ1) is 30.3. The van der Waals surface area contributed by atoms with E-state index in [0.29, 0.717) is 23.6 Å². The third-order valence-corrected chi connectivity index (χ3v) is 8.70. The SMILES string of the molecule is Cc1c(C)n(Cc2ccc(-c3ccccc3C(=O)OC(C)(C)C)cc2)c2ccc(C(=O)N[C@H](C)c3ccnc(C4CC4)c3)cc12. The summed E-state index contributed by atoms with van der Waals surface area (Å²) in [5.74, 6) is 0.167. The zero-order valence-corrected chi connectivity index (χ0v) is 27.0. The summed E-state index contributed by atoms with van der Waals surface area (Å²) in [6.07, 6.45) is 4.25. The third kappa shape index (κ3) is 6.56. The summed E-state index contributed by atoms with van der Waals surface area (Å²) in [5.41, 5.74) is 9.24. The summed E-state index contributed by atoms with van der Waals surface area (Å²) in [5, 5.41) is 4.26. The number of rotatable bonds is 8. The van der Waals surface area contributed by atoms with E-state index in [1.807, 2.05) is 76.4 Å². The number of carbonyl (C=O) groups is 2. The minimum Gasteiger partial charge on any atom is -0.456 e. The number of hydrogen-bond acceptors (Lipinski definition) is 4. The van der Waals surface area contributed by atoms with Crippen molar-refractivity contribution in [2.75, 3.05) is 0 Å². The number of aryl methyl sites for hydroxylation is 1. The van der Waals surface area contributed by atoms with Gasteiger partial charge in [0.05, 0.1) is 11.6 Å². The number of fused-ring (bicyclic) bond motifs is 1. The number of aromatic nitrogens is 2. The zero-order valence-electron chi connectivity index (χ0n) is 27.0. The topological polar surface area (TPSA) is 73.2 Å². The van der Waals surface area contributed by atoms with Gasteiger partial charge in [0.2, 0.25) is 0 Å². The Hall–Kier alpha value is -4.71. The molecule has 2 heterocycles. The summed E-state index contributed by atoms with van der Waals surface area (Å²) in [4.78, 5) is 30.7. The van der Waals surface area contributed by atoms with Crippen LogP contribution in [0.2, 0.25) is 0 Å². The Morgan fingerprint density at radius 1 is 0.978 bits per heavy atom. The second kappa shape index (κ2) is 12.0. The standard InChI is InChI=1S/C39H41N3O3/c1-24-26(3)42(23-27-11-13-28(14-12-27)32-9-7-8-10-33(32)38(44)45-39(4,5)6)36-18-17-31(21-34(24)36)37(43)41-25(2)30-19-20-40-35(22-30)29-15-16-29/h7-14,17-22,25,29H,15-16,23H2,1-6H3,(H,41,43)/t25-/m1/s1. The number of carbonyl (C=O) groups excluding carboxylic acids is 2. The fraction of sp³-hybridized carbons (Fsp3) is 0.308. The Labute approximate surface area is 265 Å². The molecule has 1 atom stereocenters. The molecule has 6 heteroatoms. The van der Waals surface area contributed by atoms with Crippen molar-refractivity contribution in [3.63, 3.8) is 0 Å². The first-order chi connectivity index (χ1) is 21.5. The minimum absolute atomic E-state index is 0.0822. The lowest BCUT2D eigenvalue weighted by Gasteiger charge is -2.20. The molecule has 1 saturated carbocycles. The molecule has 1 aliphatic carbocycles. The average molecular weight is 600 g/mol. The van der Waals surface area contributed by atoms with Crippen molar-refractivity contribution in [3.8, 4) is 11.1 Å². The van der Waals surface area contributed by atoms with E-state index in [1.165, 1.54) is 24.1 Å². The van der Waals surface area contributed by atoms with Crippen molar-refractivity contribution in [3.05, 3.63) is 124 Å². The first-order valence-electron chi connectivity index (χ1n) is 15.8. The number of nitrogens with zero attached hydrogens (tertiary/aromatic N) is 2. The lowest BCUT2D eigenvalue weighted by Crippen LogP contribution is -2.26. The van der Waals surface area contributed by atoms with Crippen LogP contribution < -0.4 is 5.32 Å². The van der Waals surface area contributed by atoms with Crippen LogP contribution >= 0.6 is 0 Å². The van der Waals surface area contributed by atoms with Crippen LogP contribution in [0.3, 0.4) is 0 Å². The number of hydrogen-bond donors (Lipinski definition) is 1. The van der Waals surface area contributed by atoms with E-state index >= 15 is 0 Å². The molecule has 45 heavy (non-hydrogen) atoms. The first-order valence-corrected chi connectivity index (χ1v) is 15.8. The lowest BCUT2D eigenvalue weighted by atomic mass is 9.98. The van der Waals surface area contributed by atoms with Gasteiger partial charge in [-0.05, 0) is 119 Å². The van der Waals surface area contributed by atoms with Crippen molar-refractivity contribution in [2.45, 2.75) is 78.5 Å². The molecular weight excluding hydrogens is 558 g/mol. The summed E-state index contributed by atoms with van der Waals surface area (Å²) in [6.45, 7) is 12.6. The second-order valence-electron chi connectivity index (χ2n) is 13.3. The predicted octanol–water partition coefficient (Wildman–Crippen LogP) is 8.69. The van der Waals surface area contributed by atoms with Gasteiger partial charge in [-0.1, -0.05) is 42.5 Å². The molecule has 0 unspecified atom stereocenters. The van der Waals surface area contributed by atoms with Gasteiger partial charge in [0.15, 0.2) is 0 Å². The van der Waals surface area contributed by atoms with E-state index < -0.39 is 5.60 Å². The molecule has 3 aromatic carbocycles. The normalized spacial score (nSPS) is 13.9. The van der Waals surface area contributed by atoms with E-state index in [9.17, 15) is 9.59 Å². The number of amides is 1. The molecule has 6 rings (SSSR count). The summed E-state index contributed by atoms with van der Waals surface area (Å²) >= 11 is 0. The molecule has 0 saturated heterocycles. The Balaban J connectivity index is 1.20. The van der Waals surface area contributed by atoms with Crippen LogP contribution in [0, 0.1) is 13.8 Å². The van der Waals surface area contributed by atoms with Crippen LogP contribution in [-0.2, 0) is 11.3 Å². The van der Waals surface area contributed by atoms with Crippen molar-refractivity contribution in [1.82, 2.24) is 14.9 Å². The third-order valence-electron chi connectivity index (χ3n) is 8.70. The Bertz CT molecular complexity index is 1890. The van der Waals surface area contributed by atoms with Gasteiger partial charge in [-0.3, -0.25) is 9.78 Å². The molecule has 5 aromatic rings. The van der Waals surface area contributed by atoms with Crippen LogP contribution in [0.4, 0.5) is 0 Å². The predicted molar refractivity (Wildman–Crippen MR) is 180 cm³/mol. The fourth-order valence-electron chi connectivity index (χ4n) is 5.91. The zero-order chi connectivity index (χ0) is 31.9. The Morgan fingerprint density at radius 2 is 1.71 bits per heavy atom. The summed E-state index contributed by atoms with van der Waals surface area (Å²) in [7, 11) is 0. The van der Waals surface area contributed by atoms with E-state index in [1.54, 1.807) is 0 Å². The van der Waals surface area contributed by atoms with Gasteiger partial charge < -0.3 is 14.6 Å². The largest absolute Gasteiger partial charge is 0.456 e. The summed E-state index contributed by atoms with van der Waals surface area (Å²) in [6, 6.07) is 25.9. The van der Waals surface area contributed by atoms with Gasteiger partial charge in [0.25, 0.3) is 5.91 Å². The van der Waals surface area contributed by atoms with Crippen LogP contribution in [0.15, 0.2) is 85.1 Å². The van der Waals surface area contributed by atoms with Gasteiger partial charge in [-0.15, -0.1) is 0 Å². The van der Waals surface area contributed by atoms with Crippen LogP contribution in [0.1, 0.15) is 101 Å². The summed E-state index contributed by atoms with van der Waals surface area (Å²) < 4.78 is 7.95. The molecule has 1 aliphatic rings. The smallest absolute Gasteiger partial charge is 0.339 e. The van der Waals surface area contributed by atoms with E-state index in [4.69, 9.17) is 4.74 Å². The molecule has 0 spiro atoms. The maximum absolute atomic E-state index is 13.3. The molecule has 6 nitrogen and oxygen atoms in total. The number of pyridine rings is 1. The monoisotopic (exact) mass is 599 g/mol. The molecule has 0 aliphatic heterocycles. The Kier molecular flexibility index (Phi) is 8.08. The minimum atomic E-state index is -0.563. The van der Waals surface area contributed by atoms with Crippen LogP contribution in [-0.4, -0.2) is 27.0 Å². The molecule has 230 valence electrons. The van der Waals surface area contributed by atoms with Gasteiger partial charge in [-0.25, -0.2) is 4.79 Å². The van der Waals surface area contributed by atoms with Gasteiger partial charge in [-0.2, -0.15) is 0 Å². The van der Waals surface area contributed by atoms with Crippen molar-refractivity contribution in [1.29, 1.82) is 0 Å². The maximum Gasteiger partial charge on any atom is 0.339 e. The lowest BCUT2D eigenvalue weighted by molar-refractivity contribution is 0.00703. The number of ether oxygens (including phenoxy) is 1. The van der Waals surface area contributed by atoms with Gasteiger partial charge in [0, 0.05) is 46.5 Å². The molecule has 1 N–H and O–H groups in total. The van der Waals surface area contributed by atoms with Gasteiger partial charge in [0.1, 0.15) is 5.60 Å². The second-order valence-corrected chi connectivity index (χ2v) is 13.3. The molecule has 2 aromatic heterocycles. The van der Waals surface area contributed by atoms with Crippen molar-refractivity contribution >= 4 is 22.8 Å². The highest BCUT2D eigenvalue weighted by molar-refractivity contribution is 5.99. The number of esters is 1. The average Bonchev–Trinajstić information content (AvgIpc) is 3.85. The molecule has 0 bridgehead atoms. The van der Waals surface area contributed by atoms with Crippen molar-refractivity contribution < 1.29 is 14.3 Å². The van der Waals surface area contributed by atoms with Crippen molar-refractivity contribution in [2.24, 2.45) is 0 Å². The van der Waals surface area contributed by atoms with E-state index in [-0.39, 0.29) is 17.9 Å². The fourth-order valence-corrected chi connectivity index (χ4v) is 5.91. The highest BCUT2D eigenvalue weighted by atomic mass is 16.6. The molecular formula is C39H41N3O3. The quantitative estimate of drug-likeness (QED) is 0.181. The molecule has 0 radical (unpaired) electrons. The van der Waals surface area contributed by atoms with Gasteiger partial charge >= 0.3 is 5.97 Å². The van der Waals surface area contributed by atoms with Crippen LogP contribution in [0.5, 0.6) is 0 Å². The number of nitrogens with one attached hydrogen (secondary N) is 1. The maximum atomic E-state index is 13.3. The molecule has 1 fully saturated rings. The highest BCUT2D eigenvalue weighted by Crippen LogP contribution is 2.39. The Morgan fingerprint density at radius 3 is 2.42 bits per heavy atom. The number of benzene rings is 3. The van der Waals surface area contributed by atoms with E-state index in [0.717, 1.165) is 38.9 Å².